The third-order valence-electron chi connectivity index (χ3n) is 9.77. The zero-order chi connectivity index (χ0) is 29.8. The molecule has 0 unspecified atom stereocenters. The number of aryl methyl sites for hydroxylation is 1. The Labute approximate surface area is 248 Å². The van der Waals surface area contributed by atoms with Crippen LogP contribution in [0.3, 0.4) is 0 Å². The molecule has 5 atom stereocenters. The molecular weight excluding hydrogens is 528 g/mol. The molecule has 222 valence electrons. The van der Waals surface area contributed by atoms with Crippen LogP contribution in [0.2, 0.25) is 0 Å². The van der Waals surface area contributed by atoms with E-state index >= 15 is 0 Å². The predicted molar refractivity (Wildman–Crippen MR) is 162 cm³/mol. The highest BCUT2D eigenvalue weighted by Crippen LogP contribution is 2.64. The summed E-state index contributed by atoms with van der Waals surface area (Å²) in [5.41, 5.74) is 4.24. The van der Waals surface area contributed by atoms with Gasteiger partial charge in [0.15, 0.2) is 11.5 Å². The fourth-order valence-corrected chi connectivity index (χ4v) is 8.39. The average Bonchev–Trinajstić information content (AvgIpc) is 3.28. The SMILES string of the molecule is C=C(CN1CC[C@]23c4c5ccc(O)c4O[C@H]2[C@H](N(CC(C)C)C(=O)C=Cc2cccc(C)c2)CC[C@H]3[C@H]1C5)OC(C)=O. The number of hydrogen-bond acceptors (Lipinski definition) is 6. The Kier molecular flexibility index (Phi) is 7.42. The summed E-state index contributed by atoms with van der Waals surface area (Å²) in [5.74, 6) is 1.50. The first-order chi connectivity index (χ1) is 20.1. The van der Waals surface area contributed by atoms with Crippen molar-refractivity contribution in [3.8, 4) is 11.5 Å². The molecule has 2 aromatic rings. The van der Waals surface area contributed by atoms with Gasteiger partial charge >= 0.3 is 5.97 Å². The van der Waals surface area contributed by atoms with Gasteiger partial charge in [0.2, 0.25) is 5.91 Å². The lowest BCUT2D eigenvalue weighted by Gasteiger charge is -2.60. The van der Waals surface area contributed by atoms with Gasteiger partial charge in [0.25, 0.3) is 0 Å². The molecule has 2 fully saturated rings. The first kappa shape index (κ1) is 28.5. The maximum atomic E-state index is 13.9. The Hall–Kier alpha value is -3.58. The third kappa shape index (κ3) is 4.81. The Morgan fingerprint density at radius 2 is 2.07 bits per heavy atom. The summed E-state index contributed by atoms with van der Waals surface area (Å²) in [7, 11) is 0. The van der Waals surface area contributed by atoms with Crippen LogP contribution in [0.25, 0.3) is 6.08 Å². The second kappa shape index (κ2) is 10.9. The number of esters is 1. The second-order valence-corrected chi connectivity index (χ2v) is 13.0. The summed E-state index contributed by atoms with van der Waals surface area (Å²) in [6.07, 6.45) is 6.84. The van der Waals surface area contributed by atoms with Crippen molar-refractivity contribution in [2.24, 2.45) is 11.8 Å². The van der Waals surface area contributed by atoms with E-state index in [-0.39, 0.29) is 47.1 Å². The molecule has 6 rings (SSSR count). The lowest BCUT2D eigenvalue weighted by molar-refractivity contribution is -0.141. The van der Waals surface area contributed by atoms with Crippen LogP contribution in [-0.4, -0.2) is 64.6 Å². The number of aromatic hydroxyl groups is 1. The molecule has 2 aliphatic heterocycles. The van der Waals surface area contributed by atoms with E-state index in [4.69, 9.17) is 9.47 Å². The molecule has 2 bridgehead atoms. The van der Waals surface area contributed by atoms with Crippen molar-refractivity contribution in [2.45, 2.75) is 77.0 Å². The Bertz CT molecular complexity index is 1450. The molecule has 1 saturated carbocycles. The maximum absolute atomic E-state index is 13.9. The Morgan fingerprint density at radius 1 is 1.26 bits per heavy atom. The van der Waals surface area contributed by atoms with Gasteiger partial charge in [0.1, 0.15) is 11.9 Å². The van der Waals surface area contributed by atoms with Crippen molar-refractivity contribution in [2.75, 3.05) is 19.6 Å². The number of phenols is 1. The minimum atomic E-state index is -0.348. The van der Waals surface area contributed by atoms with E-state index in [1.807, 2.05) is 29.2 Å². The van der Waals surface area contributed by atoms with Gasteiger partial charge in [-0.2, -0.15) is 0 Å². The summed E-state index contributed by atoms with van der Waals surface area (Å²) < 4.78 is 12.1. The molecule has 2 aliphatic carbocycles. The maximum Gasteiger partial charge on any atom is 0.307 e. The normalized spacial score (nSPS) is 27.5. The number of hydrogen-bond donors (Lipinski definition) is 1. The van der Waals surface area contributed by atoms with Crippen LogP contribution in [-0.2, 0) is 26.2 Å². The molecule has 2 aromatic carbocycles. The van der Waals surface area contributed by atoms with E-state index in [0.29, 0.717) is 30.5 Å². The lowest BCUT2D eigenvalue weighted by atomic mass is 9.51. The summed E-state index contributed by atoms with van der Waals surface area (Å²) in [5, 5.41) is 11.0. The topological polar surface area (TPSA) is 79.3 Å². The summed E-state index contributed by atoms with van der Waals surface area (Å²) in [6, 6.07) is 12.1. The van der Waals surface area contributed by atoms with Gasteiger partial charge in [0.05, 0.1) is 12.6 Å². The fourth-order valence-electron chi connectivity index (χ4n) is 8.39. The number of likely N-dealkylation sites (tertiary alicyclic amines) is 1. The quantitative estimate of drug-likeness (QED) is 0.261. The van der Waals surface area contributed by atoms with E-state index in [1.165, 1.54) is 12.5 Å². The number of carbonyl (C=O) groups is 2. The van der Waals surface area contributed by atoms with Crippen LogP contribution in [0.1, 0.15) is 62.3 Å². The molecule has 1 saturated heterocycles. The predicted octanol–water partition coefficient (Wildman–Crippen LogP) is 5.38. The highest BCUT2D eigenvalue weighted by Gasteiger charge is 2.66. The molecule has 0 aromatic heterocycles. The number of ether oxygens (including phenoxy) is 2. The molecule has 7 nitrogen and oxygen atoms in total. The van der Waals surface area contributed by atoms with Crippen molar-refractivity contribution in [3.05, 3.63) is 77.1 Å². The number of amides is 1. The van der Waals surface area contributed by atoms with Crippen LogP contribution in [0, 0.1) is 18.8 Å². The van der Waals surface area contributed by atoms with Crippen molar-refractivity contribution >= 4 is 18.0 Å². The number of benzene rings is 2. The molecule has 42 heavy (non-hydrogen) atoms. The summed E-state index contributed by atoms with van der Waals surface area (Å²) in [4.78, 5) is 30.0. The first-order valence-corrected chi connectivity index (χ1v) is 15.3. The third-order valence-corrected chi connectivity index (χ3v) is 9.77. The monoisotopic (exact) mass is 570 g/mol. The number of rotatable bonds is 8. The van der Waals surface area contributed by atoms with E-state index in [9.17, 15) is 14.7 Å². The van der Waals surface area contributed by atoms with Crippen molar-refractivity contribution < 1.29 is 24.2 Å². The fraction of sp³-hybridized carbons (Fsp3) is 0.486. The molecule has 1 spiro atoms. The molecule has 2 heterocycles. The first-order valence-electron chi connectivity index (χ1n) is 15.3. The van der Waals surface area contributed by atoms with Crippen LogP contribution in [0.5, 0.6) is 11.5 Å². The number of nitrogens with zero attached hydrogens (tertiary/aromatic N) is 2. The van der Waals surface area contributed by atoms with Crippen molar-refractivity contribution in [1.82, 2.24) is 9.80 Å². The molecule has 1 amide bonds. The van der Waals surface area contributed by atoms with Gasteiger partial charge in [0, 0.05) is 36.6 Å². The zero-order valence-electron chi connectivity index (χ0n) is 25.1. The smallest absolute Gasteiger partial charge is 0.307 e. The van der Waals surface area contributed by atoms with Crippen LogP contribution in [0.4, 0.5) is 0 Å². The number of carbonyl (C=O) groups excluding carboxylic acids is 2. The molecule has 1 N–H and O–H groups in total. The number of piperidine rings is 1. The molecule has 7 heteroatoms. The molecular formula is C35H42N2O5. The van der Waals surface area contributed by atoms with Crippen molar-refractivity contribution in [1.29, 1.82) is 0 Å². The highest BCUT2D eigenvalue weighted by molar-refractivity contribution is 5.92. The van der Waals surface area contributed by atoms with Crippen LogP contribution >= 0.6 is 0 Å². The summed E-state index contributed by atoms with van der Waals surface area (Å²) in [6.45, 7) is 13.7. The van der Waals surface area contributed by atoms with E-state index in [0.717, 1.165) is 48.9 Å². The largest absolute Gasteiger partial charge is 0.504 e. The lowest BCUT2D eigenvalue weighted by Crippen LogP contribution is -2.69. The van der Waals surface area contributed by atoms with Gasteiger partial charge in [-0.15, -0.1) is 0 Å². The molecule has 4 aliphatic rings. The minimum Gasteiger partial charge on any atom is -0.504 e. The van der Waals surface area contributed by atoms with E-state index in [1.54, 1.807) is 12.1 Å². The van der Waals surface area contributed by atoms with Crippen LogP contribution < -0.4 is 4.74 Å². The van der Waals surface area contributed by atoms with E-state index in [2.05, 4.69) is 44.4 Å². The molecule has 0 radical (unpaired) electrons. The van der Waals surface area contributed by atoms with Crippen LogP contribution in [0.15, 0.2) is 54.8 Å². The standard InChI is InChI=1S/C35H42N2O5/c1-21(2)19-37(31(40)14-9-25-8-6-7-22(3)17-25)28-12-11-27-29-18-26-10-13-30(39)33-32(26)35(27,34(28)42-33)15-16-36(29)20-23(4)41-24(5)38/h6-10,13-14,17,21,27-29,34,39H,4,11-12,15-16,18-20H2,1-3,5H3/t27-,28+,29+,34-,35-/m0/s1. The van der Waals surface area contributed by atoms with Gasteiger partial charge in [-0.25, -0.2) is 0 Å². The summed E-state index contributed by atoms with van der Waals surface area (Å²) >= 11 is 0. The Balaban J connectivity index is 1.35. The van der Waals surface area contributed by atoms with Gasteiger partial charge in [-0.3, -0.25) is 14.5 Å². The minimum absolute atomic E-state index is 0.00321. The van der Waals surface area contributed by atoms with Gasteiger partial charge in [-0.1, -0.05) is 56.3 Å². The van der Waals surface area contributed by atoms with E-state index < -0.39 is 0 Å². The zero-order valence-corrected chi connectivity index (χ0v) is 25.1. The van der Waals surface area contributed by atoms with Gasteiger partial charge in [-0.05, 0) is 74.3 Å². The Morgan fingerprint density at radius 3 is 2.81 bits per heavy atom. The van der Waals surface area contributed by atoms with Gasteiger partial charge < -0.3 is 19.5 Å². The number of phenolic OH excluding ortho intramolecular Hbond substituents is 1. The average molecular weight is 571 g/mol. The van der Waals surface area contributed by atoms with Crippen molar-refractivity contribution in [3.63, 3.8) is 0 Å². The highest BCUT2D eigenvalue weighted by atomic mass is 16.5. The second-order valence-electron chi connectivity index (χ2n) is 13.0.